The van der Waals surface area contributed by atoms with Gasteiger partial charge in [0.1, 0.15) is 11.6 Å². The summed E-state index contributed by atoms with van der Waals surface area (Å²) in [4.78, 5) is 14.6. The lowest BCUT2D eigenvalue weighted by Crippen LogP contribution is -2.40. The number of likely N-dealkylation sites (tertiary alicyclic amines) is 1. The van der Waals surface area contributed by atoms with Crippen LogP contribution in [0.5, 0.6) is 0 Å². The Morgan fingerprint density at radius 3 is 2.82 bits per heavy atom. The van der Waals surface area contributed by atoms with Crippen LogP contribution in [-0.4, -0.2) is 38.7 Å². The van der Waals surface area contributed by atoms with Gasteiger partial charge in [-0.2, -0.15) is 0 Å². The number of amides is 1. The van der Waals surface area contributed by atoms with Crippen molar-refractivity contribution in [2.75, 3.05) is 13.1 Å². The number of piperidine rings is 1. The minimum absolute atomic E-state index is 0.300. The molecule has 3 aliphatic rings. The Hall–Kier alpha value is -1.39. The lowest BCUT2D eigenvalue weighted by molar-refractivity contribution is -0.134. The first-order valence-electron chi connectivity index (χ1n) is 8.95. The summed E-state index contributed by atoms with van der Waals surface area (Å²) in [5.74, 6) is 3.95. The highest BCUT2D eigenvalue weighted by atomic mass is 16.2. The number of hydrogen-bond donors (Lipinski definition) is 0. The number of aromatic nitrogens is 3. The van der Waals surface area contributed by atoms with Gasteiger partial charge in [0.05, 0.1) is 0 Å². The summed E-state index contributed by atoms with van der Waals surface area (Å²) in [6.45, 7) is 5.02. The molecule has 1 aliphatic carbocycles. The fourth-order valence-electron chi connectivity index (χ4n) is 4.10. The molecule has 2 aliphatic heterocycles. The summed E-state index contributed by atoms with van der Waals surface area (Å²) >= 11 is 0. The molecule has 0 N–H and O–H groups in total. The van der Waals surface area contributed by atoms with Gasteiger partial charge in [-0.1, -0.05) is 13.3 Å². The van der Waals surface area contributed by atoms with Crippen LogP contribution in [0.4, 0.5) is 0 Å². The van der Waals surface area contributed by atoms with Gasteiger partial charge in [0.2, 0.25) is 5.91 Å². The highest BCUT2D eigenvalue weighted by Crippen LogP contribution is 2.40. The minimum atomic E-state index is 0.300. The third-order valence-electron chi connectivity index (χ3n) is 5.66. The Kier molecular flexibility index (Phi) is 3.66. The summed E-state index contributed by atoms with van der Waals surface area (Å²) in [5, 5.41) is 8.94. The number of carbonyl (C=O) groups excluding carboxylic acids is 1. The topological polar surface area (TPSA) is 51.0 Å². The third kappa shape index (κ3) is 2.55. The first-order chi connectivity index (χ1) is 10.7. The van der Waals surface area contributed by atoms with Gasteiger partial charge in [-0.05, 0) is 38.0 Å². The van der Waals surface area contributed by atoms with Gasteiger partial charge in [0.15, 0.2) is 0 Å². The van der Waals surface area contributed by atoms with E-state index in [2.05, 4.69) is 26.6 Å². The molecule has 0 aromatic carbocycles. The van der Waals surface area contributed by atoms with Crippen molar-refractivity contribution in [3.05, 3.63) is 11.6 Å². The Balaban J connectivity index is 1.50. The van der Waals surface area contributed by atoms with Gasteiger partial charge in [0, 0.05) is 37.9 Å². The Morgan fingerprint density at radius 2 is 2.00 bits per heavy atom. The van der Waals surface area contributed by atoms with Gasteiger partial charge in [-0.3, -0.25) is 4.79 Å². The second kappa shape index (κ2) is 5.67. The van der Waals surface area contributed by atoms with Crippen molar-refractivity contribution in [1.82, 2.24) is 19.7 Å². The molecule has 3 atom stereocenters. The number of hydrogen-bond acceptors (Lipinski definition) is 3. The van der Waals surface area contributed by atoms with E-state index in [9.17, 15) is 4.79 Å². The van der Waals surface area contributed by atoms with Crippen LogP contribution in [0.2, 0.25) is 0 Å². The first kappa shape index (κ1) is 14.2. The van der Waals surface area contributed by atoms with Gasteiger partial charge in [0.25, 0.3) is 0 Å². The third-order valence-corrected chi connectivity index (χ3v) is 5.66. The van der Waals surface area contributed by atoms with Crippen molar-refractivity contribution in [2.24, 2.45) is 11.8 Å². The second-order valence-electron chi connectivity index (χ2n) is 7.38. The molecule has 2 fully saturated rings. The molecule has 3 heterocycles. The van der Waals surface area contributed by atoms with E-state index in [0.29, 0.717) is 23.7 Å². The molecule has 4 rings (SSSR count). The van der Waals surface area contributed by atoms with Crippen LogP contribution < -0.4 is 0 Å². The molecule has 0 radical (unpaired) electrons. The van der Waals surface area contributed by atoms with Crippen molar-refractivity contribution in [2.45, 2.75) is 64.3 Å². The van der Waals surface area contributed by atoms with Crippen LogP contribution >= 0.6 is 0 Å². The molecule has 120 valence electrons. The van der Waals surface area contributed by atoms with Crippen LogP contribution in [0.1, 0.15) is 63.0 Å². The molecule has 1 aromatic rings. The summed E-state index contributed by atoms with van der Waals surface area (Å²) in [6.07, 6.45) is 8.13. The van der Waals surface area contributed by atoms with Crippen LogP contribution in [0.3, 0.4) is 0 Å². The first-order valence-corrected chi connectivity index (χ1v) is 8.95. The maximum atomic E-state index is 12.5. The van der Waals surface area contributed by atoms with Crippen molar-refractivity contribution in [3.8, 4) is 0 Å². The van der Waals surface area contributed by atoms with Crippen LogP contribution in [-0.2, 0) is 17.8 Å². The van der Waals surface area contributed by atoms with E-state index in [1.54, 1.807) is 0 Å². The van der Waals surface area contributed by atoms with Gasteiger partial charge >= 0.3 is 0 Å². The van der Waals surface area contributed by atoms with Crippen molar-refractivity contribution >= 4 is 5.91 Å². The minimum Gasteiger partial charge on any atom is -0.342 e. The Labute approximate surface area is 132 Å². The van der Waals surface area contributed by atoms with Gasteiger partial charge in [-0.15, -0.1) is 10.2 Å². The van der Waals surface area contributed by atoms with E-state index < -0.39 is 0 Å². The maximum Gasteiger partial charge on any atom is 0.225 e. The van der Waals surface area contributed by atoms with Crippen molar-refractivity contribution < 1.29 is 4.79 Å². The predicted octanol–water partition coefficient (Wildman–Crippen LogP) is 2.37. The lowest BCUT2D eigenvalue weighted by Gasteiger charge is -2.32. The van der Waals surface area contributed by atoms with E-state index in [1.807, 2.05) is 0 Å². The SMILES string of the molecule is C[C@H]1C[C@@H]1C(=O)N1CCC[C@H](c2nnc3n2CCCCC3)C1. The highest BCUT2D eigenvalue weighted by Gasteiger charge is 2.42. The molecule has 1 saturated carbocycles. The lowest BCUT2D eigenvalue weighted by atomic mass is 9.96. The van der Waals surface area contributed by atoms with Gasteiger partial charge < -0.3 is 9.47 Å². The van der Waals surface area contributed by atoms with E-state index in [1.165, 1.54) is 19.3 Å². The molecule has 0 bridgehead atoms. The molecule has 1 amide bonds. The molecule has 0 spiro atoms. The number of carbonyl (C=O) groups is 1. The van der Waals surface area contributed by atoms with Crippen LogP contribution in [0.25, 0.3) is 0 Å². The van der Waals surface area contributed by atoms with E-state index in [4.69, 9.17) is 0 Å². The Morgan fingerprint density at radius 1 is 1.14 bits per heavy atom. The number of fused-ring (bicyclic) bond motifs is 1. The van der Waals surface area contributed by atoms with Crippen molar-refractivity contribution in [3.63, 3.8) is 0 Å². The molecule has 0 unspecified atom stereocenters. The fraction of sp³-hybridized carbons (Fsp3) is 0.824. The van der Waals surface area contributed by atoms with E-state index >= 15 is 0 Å². The average Bonchev–Trinajstić information content (AvgIpc) is 3.21. The summed E-state index contributed by atoms with van der Waals surface area (Å²) < 4.78 is 2.35. The zero-order valence-corrected chi connectivity index (χ0v) is 13.5. The largest absolute Gasteiger partial charge is 0.342 e. The molecular weight excluding hydrogens is 276 g/mol. The number of rotatable bonds is 2. The van der Waals surface area contributed by atoms with Crippen LogP contribution in [0.15, 0.2) is 0 Å². The zero-order chi connectivity index (χ0) is 15.1. The molecule has 5 nitrogen and oxygen atoms in total. The quantitative estimate of drug-likeness (QED) is 0.843. The maximum absolute atomic E-state index is 12.5. The number of nitrogens with zero attached hydrogens (tertiary/aromatic N) is 4. The molecular formula is C17H26N4O. The summed E-state index contributed by atoms with van der Waals surface area (Å²) in [6, 6.07) is 0. The molecule has 22 heavy (non-hydrogen) atoms. The fourth-order valence-corrected chi connectivity index (χ4v) is 4.10. The molecule has 1 saturated heterocycles. The monoisotopic (exact) mass is 302 g/mol. The molecule has 1 aromatic heterocycles. The second-order valence-corrected chi connectivity index (χ2v) is 7.38. The smallest absolute Gasteiger partial charge is 0.225 e. The zero-order valence-electron chi connectivity index (χ0n) is 13.5. The predicted molar refractivity (Wildman–Crippen MR) is 83.4 cm³/mol. The standard InChI is InChI=1S/C17H26N4O/c1-12-10-14(12)17(22)20-8-5-6-13(11-20)16-19-18-15-7-3-2-4-9-21(15)16/h12-14H,2-11H2,1H3/t12-,13-,14-/m0/s1. The summed E-state index contributed by atoms with van der Waals surface area (Å²) in [5.41, 5.74) is 0. The van der Waals surface area contributed by atoms with Gasteiger partial charge in [-0.25, -0.2) is 0 Å². The van der Waals surface area contributed by atoms with Crippen molar-refractivity contribution in [1.29, 1.82) is 0 Å². The number of aryl methyl sites for hydroxylation is 1. The summed E-state index contributed by atoms with van der Waals surface area (Å²) in [7, 11) is 0. The normalized spacial score (nSPS) is 31.5. The molecule has 5 heteroatoms. The Bertz CT molecular complexity index is 567. The highest BCUT2D eigenvalue weighted by molar-refractivity contribution is 5.81. The van der Waals surface area contributed by atoms with E-state index in [-0.39, 0.29) is 0 Å². The average molecular weight is 302 g/mol. The van der Waals surface area contributed by atoms with Crippen LogP contribution in [0, 0.1) is 11.8 Å². The van der Waals surface area contributed by atoms with E-state index in [0.717, 1.165) is 57.0 Å².